The van der Waals surface area contributed by atoms with E-state index in [4.69, 9.17) is 9.47 Å². The fourth-order valence-corrected chi connectivity index (χ4v) is 3.83. The fraction of sp³-hybridized carbons (Fsp3) is 0.240. The average Bonchev–Trinajstić information content (AvgIpc) is 2.70. The monoisotopic (exact) mass is 388 g/mol. The number of ketones is 1. The summed E-state index contributed by atoms with van der Waals surface area (Å²) >= 11 is 0. The van der Waals surface area contributed by atoms with Gasteiger partial charge in [-0.2, -0.15) is 0 Å². The maximum atomic E-state index is 12.9. The molecule has 2 aromatic rings. The smallest absolute Gasteiger partial charge is 0.193 e. The van der Waals surface area contributed by atoms with Gasteiger partial charge in [0, 0.05) is 5.56 Å². The van der Waals surface area contributed by atoms with E-state index in [0.29, 0.717) is 11.5 Å². The first-order chi connectivity index (χ1) is 13.9. The number of carbonyl (C=O) groups is 1. The Morgan fingerprint density at radius 2 is 2.03 bits per heavy atom. The van der Waals surface area contributed by atoms with Crippen molar-refractivity contribution in [2.24, 2.45) is 5.41 Å². The minimum absolute atomic E-state index is 0.0630. The van der Waals surface area contributed by atoms with Crippen molar-refractivity contribution in [3.63, 3.8) is 0 Å². The minimum Gasteiger partial charge on any atom is -0.504 e. The molecule has 1 unspecified atom stereocenters. The second kappa shape index (κ2) is 7.28. The van der Waals surface area contributed by atoms with Gasteiger partial charge in [-0.05, 0) is 47.3 Å². The lowest BCUT2D eigenvalue weighted by molar-refractivity contribution is 0.104. The number of hydrogen-bond acceptors (Lipinski definition) is 4. The highest BCUT2D eigenvalue weighted by Gasteiger charge is 2.33. The van der Waals surface area contributed by atoms with E-state index in [1.54, 1.807) is 12.1 Å². The number of ether oxygens (including phenoxy) is 2. The number of hydrogen-bond donors (Lipinski definition) is 1. The third-order valence-electron chi connectivity index (χ3n) is 5.27. The van der Waals surface area contributed by atoms with Crippen molar-refractivity contribution in [2.45, 2.75) is 26.4 Å². The predicted octanol–water partition coefficient (Wildman–Crippen LogP) is 5.43. The van der Waals surface area contributed by atoms with Crippen LogP contribution in [0.25, 0.3) is 12.2 Å². The van der Waals surface area contributed by atoms with E-state index in [1.165, 1.54) is 13.2 Å². The lowest BCUT2D eigenvalue weighted by Gasteiger charge is -2.34. The molecule has 1 aliphatic heterocycles. The number of phenols is 1. The second-order valence-corrected chi connectivity index (χ2v) is 8.11. The van der Waals surface area contributed by atoms with Crippen LogP contribution in [0.4, 0.5) is 0 Å². The molecular weight excluding hydrogens is 364 g/mol. The lowest BCUT2D eigenvalue weighted by atomic mass is 9.77. The van der Waals surface area contributed by atoms with Crippen LogP contribution < -0.4 is 9.47 Å². The molecule has 0 fully saturated rings. The van der Waals surface area contributed by atoms with Crippen molar-refractivity contribution >= 4 is 17.9 Å². The van der Waals surface area contributed by atoms with Crippen molar-refractivity contribution in [2.75, 3.05) is 7.11 Å². The van der Waals surface area contributed by atoms with E-state index in [0.717, 1.165) is 23.1 Å². The van der Waals surface area contributed by atoms with Gasteiger partial charge >= 0.3 is 0 Å². The standard InChI is InChI=1S/C25H24O4/c1-25(2)12-11-20-18(15-25)13-17-14-21(28-3)22(23(27)24(17)29-20)19(26)10-9-16-7-5-4-6-8-16/h4-14,20,27H,15H2,1-3H3. The summed E-state index contributed by atoms with van der Waals surface area (Å²) in [7, 11) is 1.49. The van der Waals surface area contributed by atoms with E-state index in [9.17, 15) is 9.90 Å². The Hall–Kier alpha value is -3.27. The summed E-state index contributed by atoms with van der Waals surface area (Å²) in [5, 5.41) is 10.9. The molecule has 0 spiro atoms. The van der Waals surface area contributed by atoms with Gasteiger partial charge in [0.1, 0.15) is 17.4 Å². The van der Waals surface area contributed by atoms with Gasteiger partial charge in [0.25, 0.3) is 0 Å². The molecule has 1 aliphatic carbocycles. The van der Waals surface area contributed by atoms with Crippen LogP contribution in [0.1, 0.15) is 41.8 Å². The molecular formula is C25H24O4. The summed E-state index contributed by atoms with van der Waals surface area (Å²) in [5.74, 6) is 0.120. The molecule has 4 heteroatoms. The number of fused-ring (bicyclic) bond motifs is 2. The second-order valence-electron chi connectivity index (χ2n) is 8.11. The number of methoxy groups -OCH3 is 1. The summed E-state index contributed by atoms with van der Waals surface area (Å²) in [6.45, 7) is 4.35. The topological polar surface area (TPSA) is 55.8 Å². The van der Waals surface area contributed by atoms with Gasteiger partial charge in [-0.25, -0.2) is 0 Å². The zero-order valence-corrected chi connectivity index (χ0v) is 16.8. The summed E-state index contributed by atoms with van der Waals surface area (Å²) in [5.41, 5.74) is 2.94. The van der Waals surface area contributed by atoms with Gasteiger partial charge in [-0.15, -0.1) is 0 Å². The number of rotatable bonds is 4. The van der Waals surface area contributed by atoms with Gasteiger partial charge in [0.05, 0.1) is 7.11 Å². The third kappa shape index (κ3) is 3.70. The molecule has 4 nitrogen and oxygen atoms in total. The summed E-state index contributed by atoms with van der Waals surface area (Å²) in [6, 6.07) is 11.3. The molecule has 0 saturated carbocycles. The van der Waals surface area contributed by atoms with Gasteiger partial charge in [-0.1, -0.05) is 56.3 Å². The average molecular weight is 388 g/mol. The molecule has 1 heterocycles. The first-order valence-corrected chi connectivity index (χ1v) is 9.66. The molecule has 2 aliphatic rings. The SMILES string of the molecule is COc1cc2c(c(O)c1C(=O)C=Cc1ccccc1)OC1C=CC(C)(C)CC1=C2. The van der Waals surface area contributed by atoms with E-state index in [1.807, 2.05) is 42.5 Å². The number of benzene rings is 2. The molecule has 29 heavy (non-hydrogen) atoms. The van der Waals surface area contributed by atoms with Crippen molar-refractivity contribution in [3.8, 4) is 17.2 Å². The molecule has 0 bridgehead atoms. The fourth-order valence-electron chi connectivity index (χ4n) is 3.83. The molecule has 0 radical (unpaired) electrons. The van der Waals surface area contributed by atoms with E-state index < -0.39 is 0 Å². The van der Waals surface area contributed by atoms with E-state index in [2.05, 4.69) is 19.9 Å². The lowest BCUT2D eigenvalue weighted by Crippen LogP contribution is -2.28. The van der Waals surface area contributed by atoms with E-state index in [-0.39, 0.29) is 28.6 Å². The highest BCUT2D eigenvalue weighted by Crippen LogP contribution is 2.47. The zero-order chi connectivity index (χ0) is 20.6. The highest BCUT2D eigenvalue weighted by molar-refractivity contribution is 6.11. The Morgan fingerprint density at radius 1 is 1.28 bits per heavy atom. The van der Waals surface area contributed by atoms with Gasteiger partial charge in [0.15, 0.2) is 17.3 Å². The molecule has 0 aromatic heterocycles. The Bertz CT molecular complexity index is 1040. The first kappa shape index (κ1) is 19.1. The third-order valence-corrected chi connectivity index (χ3v) is 5.27. The molecule has 0 amide bonds. The summed E-state index contributed by atoms with van der Waals surface area (Å²) in [4.78, 5) is 12.9. The van der Waals surface area contributed by atoms with Crippen molar-refractivity contribution < 1.29 is 19.4 Å². The maximum absolute atomic E-state index is 12.9. The van der Waals surface area contributed by atoms with E-state index >= 15 is 0 Å². The van der Waals surface area contributed by atoms with Crippen LogP contribution in [-0.4, -0.2) is 24.1 Å². The maximum Gasteiger partial charge on any atom is 0.193 e. The van der Waals surface area contributed by atoms with Crippen molar-refractivity contribution in [3.05, 3.63) is 76.9 Å². The normalized spacial score (nSPS) is 19.1. The number of allylic oxidation sites excluding steroid dienone is 2. The summed E-state index contributed by atoms with van der Waals surface area (Å²) in [6.07, 6.45) is 9.98. The minimum atomic E-state index is -0.343. The quantitative estimate of drug-likeness (QED) is 0.431. The Labute approximate surface area is 170 Å². The molecule has 148 valence electrons. The number of carbonyl (C=O) groups excluding carboxylic acids is 1. The Balaban J connectivity index is 1.73. The highest BCUT2D eigenvalue weighted by atomic mass is 16.5. The molecule has 4 rings (SSSR count). The first-order valence-electron chi connectivity index (χ1n) is 9.66. The van der Waals surface area contributed by atoms with Gasteiger partial charge in [-0.3, -0.25) is 4.79 Å². The number of phenolic OH excluding ortho intramolecular Hbond substituents is 1. The predicted molar refractivity (Wildman–Crippen MR) is 114 cm³/mol. The van der Waals surface area contributed by atoms with Crippen LogP contribution in [0.5, 0.6) is 17.2 Å². The molecule has 0 saturated heterocycles. The van der Waals surface area contributed by atoms with Crippen LogP contribution in [0.15, 0.2) is 60.2 Å². The molecule has 2 aromatic carbocycles. The largest absolute Gasteiger partial charge is 0.504 e. The summed E-state index contributed by atoms with van der Waals surface area (Å²) < 4.78 is 11.5. The molecule has 1 N–H and O–H groups in total. The van der Waals surface area contributed by atoms with Gasteiger partial charge in [0.2, 0.25) is 0 Å². The van der Waals surface area contributed by atoms with Crippen molar-refractivity contribution in [1.82, 2.24) is 0 Å². The van der Waals surface area contributed by atoms with Crippen LogP contribution in [0, 0.1) is 5.41 Å². The van der Waals surface area contributed by atoms with Crippen LogP contribution in [0.3, 0.4) is 0 Å². The van der Waals surface area contributed by atoms with Crippen molar-refractivity contribution in [1.29, 1.82) is 0 Å². The molecule has 1 atom stereocenters. The Morgan fingerprint density at radius 3 is 2.76 bits per heavy atom. The van der Waals surface area contributed by atoms with Crippen LogP contribution in [0.2, 0.25) is 0 Å². The number of aromatic hydroxyl groups is 1. The van der Waals surface area contributed by atoms with Crippen LogP contribution in [-0.2, 0) is 0 Å². The zero-order valence-electron chi connectivity index (χ0n) is 16.8. The Kier molecular flexibility index (Phi) is 4.79. The van der Waals surface area contributed by atoms with Gasteiger partial charge < -0.3 is 14.6 Å². The van der Waals surface area contributed by atoms with Crippen LogP contribution >= 0.6 is 0 Å².